The topological polar surface area (TPSA) is 17.3 Å². The van der Waals surface area contributed by atoms with Crippen molar-refractivity contribution in [1.29, 1.82) is 0 Å². The molecule has 0 radical (unpaired) electrons. The Labute approximate surface area is 65.5 Å². The molecule has 0 aliphatic carbocycles. The average Bonchev–Trinajstić information content (AvgIpc) is 2.45. The summed E-state index contributed by atoms with van der Waals surface area (Å²) in [6.07, 6.45) is 5.74. The number of imidazole rings is 1. The summed E-state index contributed by atoms with van der Waals surface area (Å²) < 4.78 is 2.03. The molecule has 0 unspecified atom stereocenters. The van der Waals surface area contributed by atoms with Crippen molar-refractivity contribution >= 4 is 5.52 Å². The lowest BCUT2D eigenvalue weighted by Gasteiger charge is -2.00. The maximum atomic E-state index is 4.07. The van der Waals surface area contributed by atoms with Gasteiger partial charge < -0.3 is 4.40 Å². The van der Waals surface area contributed by atoms with Crippen LogP contribution in [0, 0.1) is 13.8 Å². The summed E-state index contributed by atoms with van der Waals surface area (Å²) in [5.41, 5.74) is 3.83. The second-order valence-corrected chi connectivity index (χ2v) is 2.81. The minimum absolute atomic E-state index is 1.20. The number of hydrogen-bond donors (Lipinski definition) is 0. The Morgan fingerprint density at radius 1 is 1.36 bits per heavy atom. The van der Waals surface area contributed by atoms with Crippen molar-refractivity contribution in [2.75, 3.05) is 0 Å². The Balaban J connectivity index is 2.93. The third-order valence-electron chi connectivity index (χ3n) is 2.13. The molecule has 2 nitrogen and oxygen atoms in total. The van der Waals surface area contributed by atoms with E-state index in [2.05, 4.69) is 24.9 Å². The van der Waals surface area contributed by atoms with E-state index in [-0.39, 0.29) is 0 Å². The number of pyridine rings is 1. The second kappa shape index (κ2) is 2.09. The zero-order chi connectivity index (χ0) is 7.84. The van der Waals surface area contributed by atoms with Crippen LogP contribution in [0.3, 0.4) is 0 Å². The van der Waals surface area contributed by atoms with Crippen LogP contribution < -0.4 is 0 Å². The van der Waals surface area contributed by atoms with Gasteiger partial charge in [-0.3, -0.25) is 0 Å². The van der Waals surface area contributed by atoms with E-state index in [0.29, 0.717) is 0 Å². The Morgan fingerprint density at radius 2 is 2.18 bits per heavy atom. The summed E-state index contributed by atoms with van der Waals surface area (Å²) in [5.74, 6) is 0. The van der Waals surface area contributed by atoms with E-state index in [4.69, 9.17) is 0 Å². The standard InChI is InChI=1S/C9H10N2/c1-7-3-4-11-6-10-5-9(11)8(7)2/h3-6H,1-2H3. The SMILES string of the molecule is Cc1ccn2cncc2c1C. The van der Waals surface area contributed by atoms with Crippen LogP contribution >= 0.6 is 0 Å². The summed E-state index contributed by atoms with van der Waals surface area (Å²) in [4.78, 5) is 4.07. The minimum Gasteiger partial charge on any atom is -0.306 e. The van der Waals surface area contributed by atoms with E-state index in [1.165, 1.54) is 16.6 Å². The van der Waals surface area contributed by atoms with Gasteiger partial charge in [0.25, 0.3) is 0 Å². The van der Waals surface area contributed by atoms with Crippen LogP contribution in [0.4, 0.5) is 0 Å². The predicted octanol–water partition coefficient (Wildman–Crippen LogP) is 1.95. The highest BCUT2D eigenvalue weighted by Gasteiger charge is 1.98. The van der Waals surface area contributed by atoms with Crippen LogP contribution in [0.5, 0.6) is 0 Å². The molecule has 11 heavy (non-hydrogen) atoms. The van der Waals surface area contributed by atoms with Gasteiger partial charge in [0.05, 0.1) is 18.0 Å². The van der Waals surface area contributed by atoms with E-state index in [0.717, 1.165) is 0 Å². The molecular formula is C9H10N2. The number of aromatic nitrogens is 2. The second-order valence-electron chi connectivity index (χ2n) is 2.81. The molecule has 0 saturated heterocycles. The van der Waals surface area contributed by atoms with E-state index in [1.54, 1.807) is 0 Å². The fourth-order valence-corrected chi connectivity index (χ4v) is 1.23. The van der Waals surface area contributed by atoms with Crippen molar-refractivity contribution in [2.45, 2.75) is 13.8 Å². The molecule has 2 aromatic heterocycles. The first-order valence-electron chi connectivity index (χ1n) is 3.67. The molecule has 0 N–H and O–H groups in total. The van der Waals surface area contributed by atoms with Crippen LogP contribution in [0.2, 0.25) is 0 Å². The Morgan fingerprint density at radius 3 is 3.00 bits per heavy atom. The van der Waals surface area contributed by atoms with E-state index < -0.39 is 0 Å². The van der Waals surface area contributed by atoms with E-state index >= 15 is 0 Å². The first-order valence-corrected chi connectivity index (χ1v) is 3.67. The summed E-state index contributed by atoms with van der Waals surface area (Å²) in [6, 6.07) is 2.10. The van der Waals surface area contributed by atoms with Crippen molar-refractivity contribution in [3.8, 4) is 0 Å². The molecule has 0 aliphatic rings. The number of aryl methyl sites for hydroxylation is 2. The van der Waals surface area contributed by atoms with Gasteiger partial charge in [-0.2, -0.15) is 0 Å². The molecule has 0 aromatic carbocycles. The normalized spacial score (nSPS) is 10.7. The lowest BCUT2D eigenvalue weighted by atomic mass is 10.1. The molecular weight excluding hydrogens is 136 g/mol. The first kappa shape index (κ1) is 6.40. The highest BCUT2D eigenvalue weighted by molar-refractivity contribution is 5.55. The summed E-state index contributed by atoms with van der Waals surface area (Å²) >= 11 is 0. The molecule has 2 aromatic rings. The third-order valence-corrected chi connectivity index (χ3v) is 2.13. The number of nitrogens with zero attached hydrogens (tertiary/aromatic N) is 2. The quantitative estimate of drug-likeness (QED) is 0.555. The molecule has 0 atom stereocenters. The predicted molar refractivity (Wildman–Crippen MR) is 44.7 cm³/mol. The van der Waals surface area contributed by atoms with Crippen LogP contribution in [-0.4, -0.2) is 9.38 Å². The lowest BCUT2D eigenvalue weighted by Crippen LogP contribution is -1.87. The number of fused-ring (bicyclic) bond motifs is 1. The largest absolute Gasteiger partial charge is 0.306 e. The third kappa shape index (κ3) is 0.827. The van der Waals surface area contributed by atoms with Crippen molar-refractivity contribution in [3.05, 3.63) is 35.9 Å². The molecule has 0 saturated carbocycles. The maximum Gasteiger partial charge on any atom is 0.0992 e. The molecule has 2 heteroatoms. The van der Waals surface area contributed by atoms with Gasteiger partial charge >= 0.3 is 0 Å². The Hall–Kier alpha value is -1.31. The summed E-state index contributed by atoms with van der Waals surface area (Å²) in [6.45, 7) is 4.23. The Bertz CT molecular complexity index is 387. The van der Waals surface area contributed by atoms with Crippen molar-refractivity contribution in [2.24, 2.45) is 0 Å². The lowest BCUT2D eigenvalue weighted by molar-refractivity contribution is 1.13. The van der Waals surface area contributed by atoms with Gasteiger partial charge in [0.2, 0.25) is 0 Å². The van der Waals surface area contributed by atoms with E-state index in [1.807, 2.05) is 23.1 Å². The number of rotatable bonds is 0. The molecule has 0 spiro atoms. The monoisotopic (exact) mass is 146 g/mol. The van der Waals surface area contributed by atoms with Gasteiger partial charge in [0, 0.05) is 6.20 Å². The molecule has 0 amide bonds. The van der Waals surface area contributed by atoms with Gasteiger partial charge in [0.15, 0.2) is 0 Å². The molecule has 0 aliphatic heterocycles. The van der Waals surface area contributed by atoms with E-state index in [9.17, 15) is 0 Å². The highest BCUT2D eigenvalue weighted by atomic mass is 15.0. The zero-order valence-electron chi connectivity index (χ0n) is 6.70. The molecule has 2 heterocycles. The molecule has 2 rings (SSSR count). The molecule has 0 bridgehead atoms. The van der Waals surface area contributed by atoms with Gasteiger partial charge in [0.1, 0.15) is 0 Å². The minimum atomic E-state index is 1.20. The van der Waals surface area contributed by atoms with Gasteiger partial charge in [-0.15, -0.1) is 0 Å². The van der Waals surface area contributed by atoms with Crippen LogP contribution in [0.1, 0.15) is 11.1 Å². The Kier molecular flexibility index (Phi) is 1.22. The summed E-state index contributed by atoms with van der Waals surface area (Å²) in [5, 5.41) is 0. The number of hydrogen-bond acceptors (Lipinski definition) is 1. The summed E-state index contributed by atoms with van der Waals surface area (Å²) in [7, 11) is 0. The van der Waals surface area contributed by atoms with Crippen molar-refractivity contribution in [1.82, 2.24) is 9.38 Å². The fraction of sp³-hybridized carbons (Fsp3) is 0.222. The van der Waals surface area contributed by atoms with Gasteiger partial charge in [-0.25, -0.2) is 4.98 Å². The van der Waals surface area contributed by atoms with Crippen molar-refractivity contribution in [3.63, 3.8) is 0 Å². The van der Waals surface area contributed by atoms with Gasteiger partial charge in [-0.05, 0) is 31.0 Å². The molecule has 0 fully saturated rings. The maximum absolute atomic E-state index is 4.07. The van der Waals surface area contributed by atoms with Crippen LogP contribution in [-0.2, 0) is 0 Å². The smallest absolute Gasteiger partial charge is 0.0992 e. The fourth-order valence-electron chi connectivity index (χ4n) is 1.23. The van der Waals surface area contributed by atoms with Gasteiger partial charge in [-0.1, -0.05) is 0 Å². The first-order chi connectivity index (χ1) is 5.29. The molecule has 56 valence electrons. The van der Waals surface area contributed by atoms with Crippen LogP contribution in [0.25, 0.3) is 5.52 Å². The van der Waals surface area contributed by atoms with Crippen LogP contribution in [0.15, 0.2) is 24.8 Å². The highest BCUT2D eigenvalue weighted by Crippen LogP contribution is 2.12. The average molecular weight is 146 g/mol. The van der Waals surface area contributed by atoms with Crippen molar-refractivity contribution < 1.29 is 0 Å². The zero-order valence-corrected chi connectivity index (χ0v) is 6.70.